The average molecular weight is 322 g/mol. The zero-order valence-electron chi connectivity index (χ0n) is 13.6. The highest BCUT2D eigenvalue weighted by atomic mass is 16.6. The molecule has 0 unspecified atom stereocenters. The summed E-state index contributed by atoms with van der Waals surface area (Å²) in [5.74, 6) is 0.0472. The summed E-state index contributed by atoms with van der Waals surface area (Å²) in [5, 5.41) is 9.25. The molecule has 0 bridgehead atoms. The van der Waals surface area contributed by atoms with Gasteiger partial charge in [-0.25, -0.2) is 0 Å². The second-order valence-corrected chi connectivity index (χ2v) is 7.20. The van der Waals surface area contributed by atoms with Gasteiger partial charge in [0.15, 0.2) is 11.4 Å². The third kappa shape index (κ3) is 1.91. The molecule has 1 N–H and O–H groups in total. The molecule has 5 nitrogen and oxygen atoms in total. The number of carbonyl (C=O) groups is 1. The maximum atomic E-state index is 13.1. The van der Waals surface area contributed by atoms with Crippen molar-refractivity contribution < 1.29 is 24.1 Å². The van der Waals surface area contributed by atoms with Gasteiger partial charge in [0.1, 0.15) is 11.2 Å². The highest BCUT2D eigenvalue weighted by molar-refractivity contribution is 6.01. The van der Waals surface area contributed by atoms with E-state index in [2.05, 4.69) is 0 Å². The first-order valence-corrected chi connectivity index (χ1v) is 8.99. The van der Waals surface area contributed by atoms with Gasteiger partial charge in [0.25, 0.3) is 0 Å². The Kier molecular flexibility index (Phi) is 3.88. The molecule has 0 aromatic rings. The topological polar surface area (TPSA) is 65.0 Å². The van der Waals surface area contributed by atoms with Crippen LogP contribution in [0.25, 0.3) is 0 Å². The normalized spacial score (nSPS) is 43.2. The first-order valence-electron chi connectivity index (χ1n) is 8.99. The number of fused-ring (bicyclic) bond motifs is 2. The summed E-state index contributed by atoms with van der Waals surface area (Å²) >= 11 is 0. The lowest BCUT2D eigenvalue weighted by Crippen LogP contribution is -2.72. The van der Waals surface area contributed by atoms with Crippen molar-refractivity contribution in [2.45, 2.75) is 68.2 Å². The average Bonchev–Trinajstić information content (AvgIpc) is 3.30. The number of carbonyl (C=O) groups excluding carboxylic acids is 1. The fourth-order valence-corrected chi connectivity index (χ4v) is 5.36. The van der Waals surface area contributed by atoms with Crippen LogP contribution in [0.2, 0.25) is 0 Å². The summed E-state index contributed by atoms with van der Waals surface area (Å²) in [4.78, 5) is 13.1. The van der Waals surface area contributed by atoms with Crippen LogP contribution >= 0.6 is 0 Å². The van der Waals surface area contributed by atoms with Crippen LogP contribution in [0.5, 0.6) is 0 Å². The SMILES string of the molecule is O=C1C=C(CCCO)[C@]2(CCCO2)[C@]2(CCCO2)[C@@]12CCCO2. The molecule has 3 aliphatic heterocycles. The molecule has 23 heavy (non-hydrogen) atoms. The van der Waals surface area contributed by atoms with Crippen molar-refractivity contribution >= 4 is 5.78 Å². The lowest BCUT2D eigenvalue weighted by Gasteiger charge is -2.56. The van der Waals surface area contributed by atoms with Crippen LogP contribution in [-0.2, 0) is 19.0 Å². The predicted octanol–water partition coefficient (Wildman–Crippen LogP) is 1.92. The van der Waals surface area contributed by atoms with Crippen molar-refractivity contribution in [1.82, 2.24) is 0 Å². The molecule has 0 aromatic carbocycles. The summed E-state index contributed by atoms with van der Waals surface area (Å²) in [6.07, 6.45) is 8.32. The third-order valence-electron chi connectivity index (χ3n) is 6.20. The van der Waals surface area contributed by atoms with Crippen molar-refractivity contribution in [1.29, 1.82) is 0 Å². The van der Waals surface area contributed by atoms with Crippen molar-refractivity contribution in [3.8, 4) is 0 Å². The number of aliphatic hydroxyl groups is 1. The Bertz CT molecular complexity index is 506. The van der Waals surface area contributed by atoms with Crippen LogP contribution < -0.4 is 0 Å². The largest absolute Gasteiger partial charge is 0.396 e. The van der Waals surface area contributed by atoms with Gasteiger partial charge in [-0.15, -0.1) is 0 Å². The summed E-state index contributed by atoms with van der Waals surface area (Å²) in [6.45, 7) is 2.10. The molecule has 4 aliphatic rings. The summed E-state index contributed by atoms with van der Waals surface area (Å²) in [7, 11) is 0. The first-order chi connectivity index (χ1) is 11.2. The molecule has 128 valence electrons. The fraction of sp³-hybridized carbons (Fsp3) is 0.833. The second kappa shape index (κ2) is 5.66. The van der Waals surface area contributed by atoms with Crippen molar-refractivity contribution in [3.05, 3.63) is 11.6 Å². The Hall–Kier alpha value is -0.750. The van der Waals surface area contributed by atoms with Gasteiger partial charge in [0, 0.05) is 26.4 Å². The van der Waals surface area contributed by atoms with Gasteiger partial charge in [0.05, 0.1) is 0 Å². The van der Waals surface area contributed by atoms with E-state index in [9.17, 15) is 9.90 Å². The fourth-order valence-electron chi connectivity index (χ4n) is 5.36. The molecule has 0 amide bonds. The number of hydrogen-bond donors (Lipinski definition) is 1. The van der Waals surface area contributed by atoms with Gasteiger partial charge in [-0.1, -0.05) is 0 Å². The molecule has 0 saturated carbocycles. The summed E-state index contributed by atoms with van der Waals surface area (Å²) in [5.41, 5.74) is -1.08. The Labute approximate surface area is 137 Å². The molecule has 3 fully saturated rings. The lowest BCUT2D eigenvalue weighted by molar-refractivity contribution is -0.240. The molecular formula is C18H26O5. The van der Waals surface area contributed by atoms with E-state index in [0.717, 1.165) is 44.1 Å². The van der Waals surface area contributed by atoms with Crippen LogP contribution in [-0.4, -0.2) is 54.1 Å². The van der Waals surface area contributed by atoms with E-state index >= 15 is 0 Å². The Morgan fingerprint density at radius 1 is 0.957 bits per heavy atom. The van der Waals surface area contributed by atoms with Crippen molar-refractivity contribution in [2.24, 2.45) is 0 Å². The van der Waals surface area contributed by atoms with E-state index in [1.807, 2.05) is 0 Å². The van der Waals surface area contributed by atoms with Gasteiger partial charge in [-0.3, -0.25) is 4.79 Å². The van der Waals surface area contributed by atoms with Crippen molar-refractivity contribution in [2.75, 3.05) is 26.4 Å². The van der Waals surface area contributed by atoms with Gasteiger partial charge < -0.3 is 19.3 Å². The second-order valence-electron chi connectivity index (χ2n) is 7.20. The highest BCUT2D eigenvalue weighted by Gasteiger charge is 2.73. The van der Waals surface area contributed by atoms with E-state index < -0.39 is 16.8 Å². The minimum atomic E-state index is -0.865. The molecule has 5 heteroatoms. The van der Waals surface area contributed by atoms with E-state index in [4.69, 9.17) is 14.2 Å². The quantitative estimate of drug-likeness (QED) is 0.860. The van der Waals surface area contributed by atoms with E-state index in [-0.39, 0.29) is 12.4 Å². The lowest BCUT2D eigenvalue weighted by atomic mass is 9.58. The molecule has 3 heterocycles. The predicted molar refractivity (Wildman–Crippen MR) is 83.2 cm³/mol. The minimum Gasteiger partial charge on any atom is -0.396 e. The molecule has 3 spiro atoms. The zero-order chi connectivity index (χ0) is 16.0. The van der Waals surface area contributed by atoms with E-state index in [1.54, 1.807) is 6.08 Å². The standard InChI is InChI=1S/C18H26O5/c19-9-1-5-14-13-15(20)17(7-3-11-22-17)18(8-4-12-23-18)16(14)6-2-10-21-16/h13,19H,1-12H2/t16-,17-,18-/m1/s1. The van der Waals surface area contributed by atoms with Crippen molar-refractivity contribution in [3.63, 3.8) is 0 Å². The number of ether oxygens (including phenoxy) is 3. The Morgan fingerprint density at radius 2 is 1.61 bits per heavy atom. The number of ketones is 1. The molecule has 4 rings (SSSR count). The van der Waals surface area contributed by atoms with E-state index in [0.29, 0.717) is 32.7 Å². The Balaban J connectivity index is 1.86. The van der Waals surface area contributed by atoms with Crippen LogP contribution in [0.3, 0.4) is 0 Å². The number of rotatable bonds is 3. The van der Waals surface area contributed by atoms with E-state index in [1.165, 1.54) is 0 Å². The molecule has 0 aromatic heterocycles. The van der Waals surface area contributed by atoms with Gasteiger partial charge in [-0.2, -0.15) is 0 Å². The maximum absolute atomic E-state index is 13.1. The molecular weight excluding hydrogens is 296 g/mol. The summed E-state index contributed by atoms with van der Waals surface area (Å²) in [6, 6.07) is 0. The number of aliphatic hydroxyl groups excluding tert-OH is 1. The Morgan fingerprint density at radius 3 is 2.17 bits per heavy atom. The molecule has 0 radical (unpaired) electrons. The minimum absolute atomic E-state index is 0.0472. The third-order valence-corrected chi connectivity index (χ3v) is 6.20. The molecule has 1 aliphatic carbocycles. The van der Waals surface area contributed by atoms with Crippen LogP contribution in [0.4, 0.5) is 0 Å². The smallest absolute Gasteiger partial charge is 0.190 e. The summed E-state index contributed by atoms with van der Waals surface area (Å²) < 4.78 is 18.8. The first kappa shape index (κ1) is 15.8. The van der Waals surface area contributed by atoms with Gasteiger partial charge in [-0.05, 0) is 63.0 Å². The van der Waals surface area contributed by atoms with Gasteiger partial charge >= 0.3 is 0 Å². The monoisotopic (exact) mass is 322 g/mol. The van der Waals surface area contributed by atoms with Crippen LogP contribution in [0.15, 0.2) is 11.6 Å². The highest BCUT2D eigenvalue weighted by Crippen LogP contribution is 2.60. The zero-order valence-corrected chi connectivity index (χ0v) is 13.6. The molecule has 3 saturated heterocycles. The van der Waals surface area contributed by atoms with Crippen LogP contribution in [0.1, 0.15) is 51.4 Å². The van der Waals surface area contributed by atoms with Gasteiger partial charge in [0.2, 0.25) is 0 Å². The van der Waals surface area contributed by atoms with Crippen LogP contribution in [0, 0.1) is 0 Å². The maximum Gasteiger partial charge on any atom is 0.190 e. The number of hydrogen-bond acceptors (Lipinski definition) is 5. The molecule has 3 atom stereocenters.